The van der Waals surface area contributed by atoms with Crippen LogP contribution in [0, 0.1) is 0 Å². The van der Waals surface area contributed by atoms with Gasteiger partial charge in [0.1, 0.15) is 5.75 Å². The number of hydrogen-bond acceptors (Lipinski definition) is 3. The maximum atomic E-state index is 12.4. The van der Waals surface area contributed by atoms with Crippen LogP contribution >= 0.6 is 0 Å². The number of hydrogen-bond donors (Lipinski definition) is 1. The molecule has 0 spiro atoms. The van der Waals surface area contributed by atoms with Crippen LogP contribution in [0.5, 0.6) is 5.75 Å². The average Bonchev–Trinajstić information content (AvgIpc) is 3.20. The van der Waals surface area contributed by atoms with Crippen molar-refractivity contribution in [2.45, 2.75) is 13.0 Å². The number of ether oxygens (including phenoxy) is 1. The third kappa shape index (κ3) is 1.97. The van der Waals surface area contributed by atoms with E-state index in [1.165, 1.54) is 17.2 Å². The van der Waals surface area contributed by atoms with Gasteiger partial charge in [0.05, 0.1) is 19.9 Å². The van der Waals surface area contributed by atoms with Gasteiger partial charge in [-0.1, -0.05) is 0 Å². The van der Waals surface area contributed by atoms with Crippen LogP contribution in [0.4, 0.5) is 0 Å². The number of furan rings is 1. The zero-order chi connectivity index (χ0) is 15.1. The molecule has 4 rings (SSSR count). The Kier molecular flexibility index (Phi) is 2.92. The molecule has 3 aromatic rings. The quantitative estimate of drug-likeness (QED) is 0.791. The van der Waals surface area contributed by atoms with Crippen LogP contribution in [-0.2, 0) is 13.0 Å². The van der Waals surface area contributed by atoms with Crippen molar-refractivity contribution in [1.82, 2.24) is 9.88 Å². The van der Waals surface area contributed by atoms with Gasteiger partial charge < -0.3 is 19.0 Å². The van der Waals surface area contributed by atoms with Crippen LogP contribution in [0.2, 0.25) is 0 Å². The van der Waals surface area contributed by atoms with Crippen LogP contribution in [0.1, 0.15) is 21.8 Å². The van der Waals surface area contributed by atoms with E-state index in [4.69, 9.17) is 9.15 Å². The van der Waals surface area contributed by atoms with E-state index in [-0.39, 0.29) is 5.91 Å². The number of fused-ring (bicyclic) bond motifs is 3. The Morgan fingerprint density at radius 2 is 2.27 bits per heavy atom. The molecule has 0 saturated heterocycles. The van der Waals surface area contributed by atoms with Gasteiger partial charge >= 0.3 is 0 Å². The second-order valence-corrected chi connectivity index (χ2v) is 5.45. The summed E-state index contributed by atoms with van der Waals surface area (Å²) in [5.74, 6) is 1.18. The third-order valence-corrected chi connectivity index (χ3v) is 4.20. The SMILES string of the molecule is COc1ccc2[nH]c3c(c2c1)CCN(C(=O)c1ccco1)C3. The number of carbonyl (C=O) groups excluding carboxylic acids is 1. The van der Waals surface area contributed by atoms with Crippen molar-refractivity contribution < 1.29 is 13.9 Å². The van der Waals surface area contributed by atoms with Crippen molar-refractivity contribution >= 4 is 16.8 Å². The number of H-pyrrole nitrogens is 1. The largest absolute Gasteiger partial charge is 0.497 e. The van der Waals surface area contributed by atoms with Crippen molar-refractivity contribution in [3.05, 3.63) is 53.6 Å². The zero-order valence-electron chi connectivity index (χ0n) is 12.3. The fraction of sp³-hybridized carbons (Fsp3) is 0.235. The zero-order valence-corrected chi connectivity index (χ0v) is 12.3. The maximum Gasteiger partial charge on any atom is 0.289 e. The second kappa shape index (κ2) is 4.94. The van der Waals surface area contributed by atoms with Crippen LogP contribution in [0.3, 0.4) is 0 Å². The number of nitrogens with zero attached hydrogens (tertiary/aromatic N) is 1. The molecule has 2 aromatic heterocycles. The van der Waals surface area contributed by atoms with Gasteiger partial charge in [-0.2, -0.15) is 0 Å². The predicted molar refractivity (Wildman–Crippen MR) is 82.0 cm³/mol. The Bertz CT molecular complexity index is 833. The molecule has 1 aromatic carbocycles. The summed E-state index contributed by atoms with van der Waals surface area (Å²) in [6.45, 7) is 1.27. The number of aromatic amines is 1. The number of rotatable bonds is 2. The van der Waals surface area contributed by atoms with E-state index in [1.807, 2.05) is 17.0 Å². The first-order valence-corrected chi connectivity index (χ1v) is 7.26. The first-order valence-electron chi connectivity index (χ1n) is 7.26. The van der Waals surface area contributed by atoms with Crippen molar-refractivity contribution in [2.75, 3.05) is 13.7 Å². The molecule has 22 heavy (non-hydrogen) atoms. The molecule has 0 aliphatic carbocycles. The lowest BCUT2D eigenvalue weighted by atomic mass is 10.0. The average molecular weight is 296 g/mol. The van der Waals surface area contributed by atoms with E-state index >= 15 is 0 Å². The van der Waals surface area contributed by atoms with E-state index in [9.17, 15) is 4.79 Å². The van der Waals surface area contributed by atoms with E-state index in [0.29, 0.717) is 18.8 Å². The molecule has 1 aliphatic heterocycles. The fourth-order valence-corrected chi connectivity index (χ4v) is 3.08. The van der Waals surface area contributed by atoms with Gasteiger partial charge in [-0.25, -0.2) is 0 Å². The Hall–Kier alpha value is -2.69. The molecule has 0 unspecified atom stereocenters. The van der Waals surface area contributed by atoms with Gasteiger partial charge in [-0.15, -0.1) is 0 Å². The summed E-state index contributed by atoms with van der Waals surface area (Å²) in [6, 6.07) is 9.45. The molecule has 0 fully saturated rings. The second-order valence-electron chi connectivity index (χ2n) is 5.45. The number of methoxy groups -OCH3 is 1. The normalized spacial score (nSPS) is 14.1. The Labute approximate surface area is 127 Å². The third-order valence-electron chi connectivity index (χ3n) is 4.20. The van der Waals surface area contributed by atoms with Crippen LogP contribution in [0.15, 0.2) is 41.0 Å². The van der Waals surface area contributed by atoms with Crippen molar-refractivity contribution in [3.8, 4) is 5.75 Å². The Morgan fingerprint density at radius 3 is 3.05 bits per heavy atom. The molecule has 0 radical (unpaired) electrons. The molecule has 5 nitrogen and oxygen atoms in total. The summed E-state index contributed by atoms with van der Waals surface area (Å²) in [5, 5.41) is 1.18. The summed E-state index contributed by atoms with van der Waals surface area (Å²) in [7, 11) is 1.67. The summed E-state index contributed by atoms with van der Waals surface area (Å²) in [6.07, 6.45) is 2.35. The molecule has 1 amide bonds. The Balaban J connectivity index is 1.68. The lowest BCUT2D eigenvalue weighted by Crippen LogP contribution is -2.35. The van der Waals surface area contributed by atoms with Gasteiger partial charge in [-0.3, -0.25) is 4.79 Å². The van der Waals surface area contributed by atoms with Crippen LogP contribution in [-0.4, -0.2) is 29.4 Å². The molecule has 5 heteroatoms. The molecule has 1 N–H and O–H groups in total. The van der Waals surface area contributed by atoms with E-state index in [2.05, 4.69) is 11.1 Å². The molecule has 0 saturated carbocycles. The molecule has 112 valence electrons. The van der Waals surface area contributed by atoms with Crippen LogP contribution < -0.4 is 4.74 Å². The topological polar surface area (TPSA) is 58.5 Å². The maximum absolute atomic E-state index is 12.4. The number of amides is 1. The number of nitrogens with one attached hydrogen (secondary N) is 1. The van der Waals surface area contributed by atoms with E-state index in [0.717, 1.165) is 23.4 Å². The number of aromatic nitrogens is 1. The molecular formula is C17H16N2O3. The van der Waals surface area contributed by atoms with Crippen molar-refractivity contribution in [3.63, 3.8) is 0 Å². The molecule has 0 bridgehead atoms. The monoisotopic (exact) mass is 296 g/mol. The predicted octanol–water partition coefficient (Wildman–Crippen LogP) is 2.97. The van der Waals surface area contributed by atoms with E-state index in [1.54, 1.807) is 19.2 Å². The first kappa shape index (κ1) is 13.0. The van der Waals surface area contributed by atoms with Gasteiger partial charge in [-0.05, 0) is 42.3 Å². The Morgan fingerprint density at radius 1 is 1.36 bits per heavy atom. The molecular weight excluding hydrogens is 280 g/mol. The summed E-state index contributed by atoms with van der Waals surface area (Å²) in [5.41, 5.74) is 3.45. The minimum Gasteiger partial charge on any atom is -0.497 e. The van der Waals surface area contributed by atoms with Crippen molar-refractivity contribution in [1.29, 1.82) is 0 Å². The van der Waals surface area contributed by atoms with Gasteiger partial charge in [0.15, 0.2) is 5.76 Å². The van der Waals surface area contributed by atoms with Crippen LogP contribution in [0.25, 0.3) is 10.9 Å². The standard InChI is InChI=1S/C17H16N2O3/c1-21-11-4-5-14-13(9-11)12-6-7-19(10-15(12)18-14)17(20)16-3-2-8-22-16/h2-5,8-9,18H,6-7,10H2,1H3. The highest BCUT2D eigenvalue weighted by molar-refractivity contribution is 5.92. The summed E-state index contributed by atoms with van der Waals surface area (Å²) >= 11 is 0. The van der Waals surface area contributed by atoms with Gasteiger partial charge in [0, 0.05) is 23.1 Å². The highest BCUT2D eigenvalue weighted by atomic mass is 16.5. The first-order chi connectivity index (χ1) is 10.8. The fourth-order valence-electron chi connectivity index (χ4n) is 3.08. The highest BCUT2D eigenvalue weighted by Gasteiger charge is 2.26. The van der Waals surface area contributed by atoms with Crippen molar-refractivity contribution in [2.24, 2.45) is 0 Å². The summed E-state index contributed by atoms with van der Waals surface area (Å²) in [4.78, 5) is 17.6. The van der Waals surface area contributed by atoms with E-state index < -0.39 is 0 Å². The molecule has 0 atom stereocenters. The van der Waals surface area contributed by atoms with Gasteiger partial charge in [0.2, 0.25) is 0 Å². The minimum absolute atomic E-state index is 0.0631. The number of benzene rings is 1. The number of carbonyl (C=O) groups is 1. The minimum atomic E-state index is -0.0631. The molecule has 3 heterocycles. The molecule has 1 aliphatic rings. The summed E-state index contributed by atoms with van der Waals surface area (Å²) < 4.78 is 10.5. The smallest absolute Gasteiger partial charge is 0.289 e. The lowest BCUT2D eigenvalue weighted by Gasteiger charge is -2.26. The van der Waals surface area contributed by atoms with Gasteiger partial charge in [0.25, 0.3) is 5.91 Å². The highest BCUT2D eigenvalue weighted by Crippen LogP contribution is 2.30. The lowest BCUT2D eigenvalue weighted by molar-refractivity contribution is 0.0700.